The van der Waals surface area contributed by atoms with Crippen molar-refractivity contribution in [2.45, 2.75) is 51.1 Å². The highest BCUT2D eigenvalue weighted by Gasteiger charge is 2.62. The van der Waals surface area contributed by atoms with Gasteiger partial charge in [-0.3, -0.25) is 0 Å². The highest BCUT2D eigenvalue weighted by atomic mass is 16.7. The molecule has 2 N–H and O–H groups in total. The molecule has 1 aliphatic heterocycles. The van der Waals surface area contributed by atoms with Gasteiger partial charge in [-0.25, -0.2) is 0 Å². The van der Waals surface area contributed by atoms with Crippen LogP contribution in [0.2, 0.25) is 0 Å². The minimum absolute atomic E-state index is 0.0408. The van der Waals surface area contributed by atoms with Gasteiger partial charge < -0.3 is 24.4 Å². The summed E-state index contributed by atoms with van der Waals surface area (Å²) in [6.45, 7) is 7.12. The molecule has 0 aromatic heterocycles. The van der Waals surface area contributed by atoms with Crippen molar-refractivity contribution in [1.29, 1.82) is 0 Å². The van der Waals surface area contributed by atoms with Crippen LogP contribution in [0.25, 0.3) is 0 Å². The molecule has 1 spiro atoms. The fraction of sp³-hybridized carbons (Fsp3) is 1.00. The van der Waals surface area contributed by atoms with Crippen LogP contribution >= 0.6 is 0 Å². The Morgan fingerprint density at radius 2 is 1.78 bits per heavy atom. The maximum absolute atomic E-state index is 10.6. The third-order valence-corrected chi connectivity index (χ3v) is 4.47. The Morgan fingerprint density at radius 3 is 2.33 bits per heavy atom. The largest absolute Gasteiger partial charge is 0.394 e. The summed E-state index contributed by atoms with van der Waals surface area (Å²) in [6.07, 6.45) is 0.639. The maximum atomic E-state index is 10.6. The summed E-state index contributed by atoms with van der Waals surface area (Å²) in [6, 6.07) is 0. The first-order valence-electron chi connectivity index (χ1n) is 6.59. The Morgan fingerprint density at radius 1 is 1.17 bits per heavy atom. The van der Waals surface area contributed by atoms with E-state index in [9.17, 15) is 5.11 Å². The van der Waals surface area contributed by atoms with Gasteiger partial charge in [0, 0.05) is 11.8 Å². The molecule has 2 fully saturated rings. The van der Waals surface area contributed by atoms with E-state index in [1.807, 2.05) is 20.8 Å². The summed E-state index contributed by atoms with van der Waals surface area (Å²) in [5, 5.41) is 19.5. The topological polar surface area (TPSA) is 68.2 Å². The van der Waals surface area contributed by atoms with Crippen molar-refractivity contribution < 1.29 is 24.4 Å². The molecule has 1 saturated heterocycles. The Labute approximate surface area is 108 Å². The van der Waals surface area contributed by atoms with Crippen molar-refractivity contribution in [2.75, 3.05) is 26.4 Å². The van der Waals surface area contributed by atoms with Gasteiger partial charge in [-0.15, -0.1) is 0 Å². The summed E-state index contributed by atoms with van der Waals surface area (Å²) in [7, 11) is 0. The molecule has 1 heterocycles. The summed E-state index contributed by atoms with van der Waals surface area (Å²) in [5.74, 6) is -0.700. The Kier molecular flexibility index (Phi) is 3.73. The van der Waals surface area contributed by atoms with E-state index >= 15 is 0 Å². The van der Waals surface area contributed by atoms with E-state index in [2.05, 4.69) is 0 Å². The lowest BCUT2D eigenvalue weighted by atomic mass is 9.63. The summed E-state index contributed by atoms with van der Waals surface area (Å²) in [4.78, 5) is 0. The normalized spacial score (nSPS) is 38.2. The van der Waals surface area contributed by atoms with Crippen LogP contribution in [0.5, 0.6) is 0 Å². The van der Waals surface area contributed by atoms with Crippen molar-refractivity contribution in [3.8, 4) is 0 Å². The van der Waals surface area contributed by atoms with E-state index in [-0.39, 0.29) is 13.2 Å². The minimum atomic E-state index is -0.705. The molecule has 1 aliphatic carbocycles. The number of aliphatic hydroxyl groups excluding tert-OH is 2. The highest BCUT2D eigenvalue weighted by molar-refractivity contribution is 5.07. The van der Waals surface area contributed by atoms with Crippen LogP contribution < -0.4 is 0 Å². The van der Waals surface area contributed by atoms with E-state index in [4.69, 9.17) is 19.3 Å². The van der Waals surface area contributed by atoms with Gasteiger partial charge >= 0.3 is 0 Å². The van der Waals surface area contributed by atoms with Crippen molar-refractivity contribution in [1.82, 2.24) is 0 Å². The zero-order valence-electron chi connectivity index (χ0n) is 11.4. The maximum Gasteiger partial charge on any atom is 0.176 e. The van der Waals surface area contributed by atoms with Gasteiger partial charge in [0.2, 0.25) is 0 Å². The van der Waals surface area contributed by atoms with Gasteiger partial charge in [0.1, 0.15) is 0 Å². The lowest BCUT2D eigenvalue weighted by Crippen LogP contribution is -2.65. The summed E-state index contributed by atoms with van der Waals surface area (Å²) < 4.78 is 17.2. The van der Waals surface area contributed by atoms with Crippen LogP contribution in [0, 0.1) is 5.41 Å². The smallest absolute Gasteiger partial charge is 0.176 e. The number of ether oxygens (including phenoxy) is 3. The SMILES string of the molecule is CC1(C)[C@H](O)[C@@](C)(OCCO)CCC12OCCO2. The molecule has 0 bridgehead atoms. The van der Waals surface area contributed by atoms with E-state index in [0.29, 0.717) is 26.1 Å². The molecule has 0 radical (unpaired) electrons. The van der Waals surface area contributed by atoms with Gasteiger partial charge in [-0.05, 0) is 13.3 Å². The number of aliphatic hydroxyl groups is 2. The predicted octanol–water partition coefficient (Wildman–Crippen LogP) is 0.678. The standard InChI is InChI=1S/C13H24O5/c1-11(2)10(15)12(3,16-7-6-14)4-5-13(11)17-8-9-18-13/h10,14-15H,4-9H2,1-3H3/t10-,12-/m0/s1. The molecule has 0 aromatic carbocycles. The number of hydrogen-bond donors (Lipinski definition) is 2. The lowest BCUT2D eigenvalue weighted by molar-refractivity contribution is -0.313. The molecule has 0 amide bonds. The van der Waals surface area contributed by atoms with Gasteiger partial charge in [0.15, 0.2) is 5.79 Å². The first-order chi connectivity index (χ1) is 8.38. The van der Waals surface area contributed by atoms with E-state index < -0.39 is 22.9 Å². The van der Waals surface area contributed by atoms with Crippen LogP contribution in [0.3, 0.4) is 0 Å². The molecule has 2 atom stereocenters. The first-order valence-corrected chi connectivity index (χ1v) is 6.59. The average molecular weight is 260 g/mol. The average Bonchev–Trinajstić information content (AvgIpc) is 2.82. The minimum Gasteiger partial charge on any atom is -0.394 e. The van der Waals surface area contributed by atoms with E-state index in [1.165, 1.54) is 0 Å². The second-order valence-electron chi connectivity index (χ2n) is 5.96. The molecule has 1 saturated carbocycles. The van der Waals surface area contributed by atoms with Gasteiger partial charge in [0.25, 0.3) is 0 Å². The first kappa shape index (κ1) is 14.2. The fourth-order valence-corrected chi connectivity index (χ4v) is 3.24. The summed E-state index contributed by atoms with van der Waals surface area (Å²) >= 11 is 0. The third-order valence-electron chi connectivity index (χ3n) is 4.47. The molecule has 5 heteroatoms. The van der Waals surface area contributed by atoms with Crippen LogP contribution in [-0.4, -0.2) is 54.1 Å². The number of hydrogen-bond acceptors (Lipinski definition) is 5. The fourth-order valence-electron chi connectivity index (χ4n) is 3.24. The highest BCUT2D eigenvalue weighted by Crippen LogP contribution is 2.53. The molecular formula is C13H24O5. The second-order valence-corrected chi connectivity index (χ2v) is 5.96. The molecule has 18 heavy (non-hydrogen) atoms. The van der Waals surface area contributed by atoms with Crippen molar-refractivity contribution in [2.24, 2.45) is 5.41 Å². The van der Waals surface area contributed by atoms with E-state index in [0.717, 1.165) is 0 Å². The third kappa shape index (κ3) is 1.98. The zero-order valence-corrected chi connectivity index (χ0v) is 11.4. The summed E-state index contributed by atoms with van der Waals surface area (Å²) in [5.41, 5.74) is -1.21. The van der Waals surface area contributed by atoms with Crippen molar-refractivity contribution in [3.63, 3.8) is 0 Å². The zero-order chi connectivity index (χ0) is 13.4. The molecule has 0 aromatic rings. The van der Waals surface area contributed by atoms with Crippen LogP contribution in [-0.2, 0) is 14.2 Å². The molecule has 2 rings (SSSR count). The van der Waals surface area contributed by atoms with Crippen LogP contribution in [0.1, 0.15) is 33.6 Å². The van der Waals surface area contributed by atoms with Crippen LogP contribution in [0.15, 0.2) is 0 Å². The Bertz CT molecular complexity index is 298. The Hall–Kier alpha value is -0.200. The quantitative estimate of drug-likeness (QED) is 0.781. The molecule has 5 nitrogen and oxygen atoms in total. The van der Waals surface area contributed by atoms with Gasteiger partial charge in [0.05, 0.1) is 38.1 Å². The van der Waals surface area contributed by atoms with Crippen molar-refractivity contribution in [3.05, 3.63) is 0 Å². The molecule has 2 aliphatic rings. The Balaban J connectivity index is 2.19. The van der Waals surface area contributed by atoms with Crippen LogP contribution in [0.4, 0.5) is 0 Å². The molecule has 0 unspecified atom stereocenters. The second kappa shape index (κ2) is 4.72. The molecule has 106 valence electrons. The van der Waals surface area contributed by atoms with Gasteiger partial charge in [-0.2, -0.15) is 0 Å². The number of rotatable bonds is 3. The lowest BCUT2D eigenvalue weighted by Gasteiger charge is -2.55. The van der Waals surface area contributed by atoms with Gasteiger partial charge in [-0.1, -0.05) is 13.8 Å². The predicted molar refractivity (Wildman–Crippen MR) is 65.1 cm³/mol. The molecular weight excluding hydrogens is 236 g/mol. The monoisotopic (exact) mass is 260 g/mol. The van der Waals surface area contributed by atoms with Crippen molar-refractivity contribution >= 4 is 0 Å². The van der Waals surface area contributed by atoms with E-state index in [1.54, 1.807) is 0 Å².